The summed E-state index contributed by atoms with van der Waals surface area (Å²) in [5.74, 6) is 0.867. The van der Waals surface area contributed by atoms with E-state index in [2.05, 4.69) is 21.7 Å². The van der Waals surface area contributed by atoms with E-state index < -0.39 is 6.61 Å². The van der Waals surface area contributed by atoms with Gasteiger partial charge < -0.3 is 25.0 Å². The van der Waals surface area contributed by atoms with Gasteiger partial charge >= 0.3 is 6.61 Å². The molecule has 0 aromatic heterocycles. The van der Waals surface area contributed by atoms with Gasteiger partial charge in [0, 0.05) is 45.5 Å². The maximum Gasteiger partial charge on any atom is 0.387 e. The summed E-state index contributed by atoms with van der Waals surface area (Å²) in [7, 11) is 5.63. The van der Waals surface area contributed by atoms with Gasteiger partial charge in [-0.3, -0.25) is 4.99 Å². The number of guanidine groups is 1. The summed E-state index contributed by atoms with van der Waals surface area (Å²) in [6.07, 6.45) is 0. The highest BCUT2D eigenvalue weighted by Gasteiger charge is 2.16. The minimum atomic E-state index is -2.93. The first-order chi connectivity index (χ1) is 13.9. The summed E-state index contributed by atoms with van der Waals surface area (Å²) in [6.45, 7) is 0.0257. The molecule has 0 radical (unpaired) electrons. The molecular formula is C21H29F2IN4O2. The molecule has 9 heteroatoms. The Morgan fingerprint density at radius 3 is 2.43 bits per heavy atom. The van der Waals surface area contributed by atoms with Crippen molar-refractivity contribution in [1.82, 2.24) is 10.6 Å². The molecule has 2 rings (SSSR count). The van der Waals surface area contributed by atoms with Crippen molar-refractivity contribution in [2.45, 2.75) is 26.6 Å². The molecule has 0 heterocycles. The molecule has 6 nitrogen and oxygen atoms in total. The van der Waals surface area contributed by atoms with Crippen LogP contribution in [0.25, 0.3) is 0 Å². The first-order valence-electron chi connectivity index (χ1n) is 9.34. The van der Waals surface area contributed by atoms with Gasteiger partial charge in [-0.2, -0.15) is 8.78 Å². The van der Waals surface area contributed by atoms with Gasteiger partial charge in [0.25, 0.3) is 0 Å². The topological polar surface area (TPSA) is 58.1 Å². The Balaban J connectivity index is 0.00000450. The first kappa shape index (κ1) is 25.7. The molecule has 0 aliphatic rings. The molecular weight excluding hydrogens is 505 g/mol. The van der Waals surface area contributed by atoms with Crippen LogP contribution in [0.15, 0.2) is 47.5 Å². The fourth-order valence-electron chi connectivity index (χ4n) is 2.72. The Labute approximate surface area is 193 Å². The summed E-state index contributed by atoms with van der Waals surface area (Å²) >= 11 is 0. The maximum absolute atomic E-state index is 12.8. The van der Waals surface area contributed by atoms with Crippen LogP contribution in [0.2, 0.25) is 0 Å². The third kappa shape index (κ3) is 7.85. The fourth-order valence-corrected chi connectivity index (χ4v) is 2.72. The number of halogens is 3. The molecule has 0 spiro atoms. The summed E-state index contributed by atoms with van der Waals surface area (Å²) in [5, 5.41) is 6.35. The molecule has 0 unspecified atom stereocenters. The predicted octanol–water partition coefficient (Wildman–Crippen LogP) is 4.24. The van der Waals surface area contributed by atoms with Gasteiger partial charge in [0.2, 0.25) is 0 Å². The highest BCUT2D eigenvalue weighted by molar-refractivity contribution is 14.0. The monoisotopic (exact) mass is 534 g/mol. The molecule has 0 fully saturated rings. The van der Waals surface area contributed by atoms with Crippen molar-refractivity contribution in [3.05, 3.63) is 53.6 Å². The molecule has 2 aromatic carbocycles. The van der Waals surface area contributed by atoms with E-state index in [-0.39, 0.29) is 42.0 Å². The van der Waals surface area contributed by atoms with Crippen LogP contribution in [0.4, 0.5) is 14.5 Å². The second-order valence-electron chi connectivity index (χ2n) is 6.40. The number of ether oxygens (including phenoxy) is 2. The van der Waals surface area contributed by atoms with Gasteiger partial charge in [0.1, 0.15) is 0 Å². The molecule has 0 saturated carbocycles. The molecule has 30 heavy (non-hydrogen) atoms. The summed E-state index contributed by atoms with van der Waals surface area (Å²) in [4.78, 5) is 6.22. The largest absolute Gasteiger partial charge is 0.490 e. The molecule has 166 valence electrons. The van der Waals surface area contributed by atoms with E-state index in [1.54, 1.807) is 32.2 Å². The zero-order valence-electron chi connectivity index (χ0n) is 17.6. The molecule has 0 bridgehead atoms. The van der Waals surface area contributed by atoms with Gasteiger partial charge in [-0.15, -0.1) is 24.0 Å². The molecule has 0 aliphatic heterocycles. The van der Waals surface area contributed by atoms with Gasteiger partial charge in [0.05, 0.1) is 6.61 Å². The Morgan fingerprint density at radius 1 is 1.10 bits per heavy atom. The number of alkyl halides is 2. The van der Waals surface area contributed by atoms with Crippen LogP contribution in [0.5, 0.6) is 11.5 Å². The Morgan fingerprint density at radius 2 is 1.80 bits per heavy atom. The second kappa shape index (κ2) is 13.1. The Bertz CT molecular complexity index is 819. The molecule has 2 N–H and O–H groups in total. The number of benzene rings is 2. The number of rotatable bonds is 9. The van der Waals surface area contributed by atoms with Crippen molar-refractivity contribution in [3.63, 3.8) is 0 Å². The Hall–Kier alpha value is -2.30. The third-order valence-corrected chi connectivity index (χ3v) is 4.12. The van der Waals surface area contributed by atoms with Gasteiger partial charge in [-0.1, -0.05) is 24.3 Å². The number of hydrogen-bond donors (Lipinski definition) is 2. The van der Waals surface area contributed by atoms with E-state index in [1.165, 1.54) is 0 Å². The normalized spacial score (nSPS) is 11.0. The maximum atomic E-state index is 12.8. The SMILES string of the molecule is CCOc1cccc(CNC(=NC)NCc2cccc(N(C)C)c2)c1OC(F)F.I. The van der Waals surface area contributed by atoms with Crippen LogP contribution in [0.1, 0.15) is 18.1 Å². The summed E-state index contributed by atoms with van der Waals surface area (Å²) < 4.78 is 35.8. The number of nitrogens with zero attached hydrogens (tertiary/aromatic N) is 2. The molecule has 2 aromatic rings. The van der Waals surface area contributed by atoms with Gasteiger partial charge in [0.15, 0.2) is 17.5 Å². The van der Waals surface area contributed by atoms with E-state index in [4.69, 9.17) is 9.47 Å². The number of hydrogen-bond acceptors (Lipinski definition) is 4. The van der Waals surface area contributed by atoms with E-state index in [9.17, 15) is 8.78 Å². The van der Waals surface area contributed by atoms with Crippen LogP contribution in [-0.2, 0) is 13.1 Å². The third-order valence-electron chi connectivity index (χ3n) is 4.12. The van der Waals surface area contributed by atoms with Crippen molar-refractivity contribution in [1.29, 1.82) is 0 Å². The standard InChI is InChI=1S/C21H28F2N4O2.HI/c1-5-28-18-11-7-9-16(19(18)29-20(22)23)14-26-21(24-2)25-13-15-8-6-10-17(12-15)27(3)4;/h6-12,20H,5,13-14H2,1-4H3,(H2,24,25,26);1H. The highest BCUT2D eigenvalue weighted by atomic mass is 127. The molecule has 0 atom stereocenters. The van der Waals surface area contributed by atoms with Crippen molar-refractivity contribution in [2.24, 2.45) is 4.99 Å². The van der Waals surface area contributed by atoms with E-state index in [1.807, 2.05) is 37.2 Å². The van der Waals surface area contributed by atoms with Crippen LogP contribution < -0.4 is 25.0 Å². The average molecular weight is 534 g/mol. The highest BCUT2D eigenvalue weighted by Crippen LogP contribution is 2.32. The van der Waals surface area contributed by atoms with Crippen LogP contribution in [-0.4, -0.2) is 40.3 Å². The fraction of sp³-hybridized carbons (Fsp3) is 0.381. The number of nitrogens with one attached hydrogen (secondary N) is 2. The minimum absolute atomic E-state index is 0. The summed E-state index contributed by atoms with van der Waals surface area (Å²) in [5.41, 5.74) is 2.75. The lowest BCUT2D eigenvalue weighted by molar-refractivity contribution is -0.0520. The van der Waals surface area contributed by atoms with E-state index >= 15 is 0 Å². The van der Waals surface area contributed by atoms with Crippen LogP contribution in [0.3, 0.4) is 0 Å². The lowest BCUT2D eigenvalue weighted by Crippen LogP contribution is -2.36. The predicted molar refractivity (Wildman–Crippen MR) is 127 cm³/mol. The quantitative estimate of drug-likeness (QED) is 0.287. The first-order valence-corrected chi connectivity index (χ1v) is 9.34. The van der Waals surface area contributed by atoms with Crippen molar-refractivity contribution < 1.29 is 18.3 Å². The van der Waals surface area contributed by atoms with Crippen molar-refractivity contribution in [3.8, 4) is 11.5 Å². The summed E-state index contributed by atoms with van der Waals surface area (Å²) in [6, 6.07) is 13.2. The van der Waals surface area contributed by atoms with Crippen LogP contribution in [0, 0.1) is 0 Å². The zero-order valence-corrected chi connectivity index (χ0v) is 19.9. The van der Waals surface area contributed by atoms with E-state index in [0.29, 0.717) is 24.7 Å². The molecule has 0 aliphatic carbocycles. The zero-order chi connectivity index (χ0) is 21.2. The number of aliphatic imine (C=N–C) groups is 1. The van der Waals surface area contributed by atoms with Gasteiger partial charge in [-0.25, -0.2) is 0 Å². The molecule has 0 saturated heterocycles. The Kier molecular flexibility index (Phi) is 11.2. The van der Waals surface area contributed by atoms with Crippen LogP contribution >= 0.6 is 24.0 Å². The number of anilines is 1. The lowest BCUT2D eigenvalue weighted by atomic mass is 10.2. The molecule has 0 amide bonds. The lowest BCUT2D eigenvalue weighted by Gasteiger charge is -2.17. The van der Waals surface area contributed by atoms with Gasteiger partial charge in [-0.05, 0) is 30.7 Å². The number of para-hydroxylation sites is 1. The van der Waals surface area contributed by atoms with Crippen molar-refractivity contribution in [2.75, 3.05) is 32.6 Å². The smallest absolute Gasteiger partial charge is 0.387 e. The second-order valence-corrected chi connectivity index (χ2v) is 6.40. The van der Waals surface area contributed by atoms with E-state index in [0.717, 1.165) is 11.3 Å². The van der Waals surface area contributed by atoms with Crippen molar-refractivity contribution >= 4 is 35.6 Å². The average Bonchev–Trinajstić information content (AvgIpc) is 2.70. The minimum Gasteiger partial charge on any atom is -0.490 e.